The van der Waals surface area contributed by atoms with E-state index in [9.17, 15) is 27.6 Å². The minimum Gasteiger partial charge on any atom is -0.483 e. The Bertz CT molecular complexity index is 1500. The number of nitrogens with one attached hydrogen (secondary N) is 1. The van der Waals surface area contributed by atoms with E-state index in [-0.39, 0.29) is 41.5 Å². The maximum Gasteiger partial charge on any atom is 0.274 e. The van der Waals surface area contributed by atoms with Gasteiger partial charge in [0, 0.05) is 43.5 Å². The van der Waals surface area contributed by atoms with Crippen molar-refractivity contribution in [1.29, 1.82) is 0 Å². The highest BCUT2D eigenvalue weighted by Crippen LogP contribution is 2.45. The van der Waals surface area contributed by atoms with E-state index in [0.29, 0.717) is 31.1 Å². The average Bonchev–Trinajstić information content (AvgIpc) is 3.29. The monoisotopic (exact) mass is 537 g/mol. The number of pyridine rings is 1. The molecule has 39 heavy (non-hydrogen) atoms. The zero-order chi connectivity index (χ0) is 27.3. The summed E-state index contributed by atoms with van der Waals surface area (Å²) in [6.07, 6.45) is 4.32. The van der Waals surface area contributed by atoms with Crippen LogP contribution < -0.4 is 15.5 Å². The maximum atomic E-state index is 14.1. The number of nitrogens with zero attached hydrogens (tertiary/aromatic N) is 2. The molecule has 4 bridgehead atoms. The first kappa shape index (κ1) is 25.2. The van der Waals surface area contributed by atoms with Crippen LogP contribution >= 0.6 is 0 Å². The Kier molecular flexibility index (Phi) is 6.40. The van der Waals surface area contributed by atoms with Crippen LogP contribution in [0, 0.1) is 29.3 Å². The molecule has 1 N–H and O–H groups in total. The topological polar surface area (TPSA) is 80.6 Å². The van der Waals surface area contributed by atoms with Crippen LogP contribution in [-0.2, 0) is 13.2 Å². The van der Waals surface area contributed by atoms with Crippen molar-refractivity contribution in [3.63, 3.8) is 0 Å². The lowest BCUT2D eigenvalue weighted by molar-refractivity contribution is 0.0620. The molecule has 3 aliphatic rings. The van der Waals surface area contributed by atoms with E-state index in [0.717, 1.165) is 24.8 Å². The zero-order valence-corrected chi connectivity index (χ0v) is 21.0. The van der Waals surface area contributed by atoms with Crippen molar-refractivity contribution < 1.29 is 27.5 Å². The maximum absolute atomic E-state index is 14.1. The van der Waals surface area contributed by atoms with E-state index in [2.05, 4.69) is 5.32 Å². The van der Waals surface area contributed by atoms with Crippen molar-refractivity contribution in [3.05, 3.63) is 98.7 Å². The number of amides is 2. The molecule has 6 rings (SSSR count). The molecule has 202 valence electrons. The number of rotatable bonds is 6. The van der Waals surface area contributed by atoms with E-state index in [4.69, 9.17) is 4.74 Å². The van der Waals surface area contributed by atoms with Crippen LogP contribution in [0.1, 0.15) is 57.3 Å². The first-order chi connectivity index (χ1) is 18.8. The fourth-order valence-corrected chi connectivity index (χ4v) is 6.13. The number of carbonyl (C=O) groups excluding carboxylic acids is 2. The van der Waals surface area contributed by atoms with Gasteiger partial charge in [0.25, 0.3) is 11.8 Å². The molecule has 1 saturated heterocycles. The fraction of sp³-hybridized carbons (Fsp3) is 0.345. The van der Waals surface area contributed by atoms with Crippen molar-refractivity contribution in [2.24, 2.45) is 11.8 Å². The lowest BCUT2D eigenvalue weighted by atomic mass is 9.95. The second kappa shape index (κ2) is 9.91. The Labute approximate surface area is 222 Å². The largest absolute Gasteiger partial charge is 0.483 e. The van der Waals surface area contributed by atoms with E-state index in [1.807, 2.05) is 30.3 Å². The standard InChI is InChI=1S/C29H26F3N3O4/c30-19-9-22(31)20(23(32)10-19)11-33-28(37)21-13-35-24-14-34(12-17-6-7-18(24)8-17)29(38)25(35)27(26(21)36)39-15-16-4-2-1-3-5-16/h1-5,9-10,13,17-18,24H,6-8,11-12,14-15H2,(H,33,37)/t17-,18+,24+/m1/s1. The molecule has 2 aliphatic heterocycles. The van der Waals surface area contributed by atoms with Gasteiger partial charge in [0.1, 0.15) is 29.6 Å². The lowest BCUT2D eigenvalue weighted by Gasteiger charge is -2.38. The number of hydrogen-bond acceptors (Lipinski definition) is 4. The smallest absolute Gasteiger partial charge is 0.274 e. The predicted molar refractivity (Wildman–Crippen MR) is 135 cm³/mol. The summed E-state index contributed by atoms with van der Waals surface area (Å²) < 4.78 is 49.2. The number of hydrogen-bond donors (Lipinski definition) is 1. The molecule has 0 unspecified atom stereocenters. The molecule has 2 fully saturated rings. The highest BCUT2D eigenvalue weighted by molar-refractivity contribution is 5.99. The van der Waals surface area contributed by atoms with Crippen molar-refractivity contribution >= 4 is 11.8 Å². The van der Waals surface area contributed by atoms with Crippen LogP contribution in [0.25, 0.3) is 0 Å². The van der Waals surface area contributed by atoms with Crippen LogP contribution in [0.5, 0.6) is 5.75 Å². The van der Waals surface area contributed by atoms with Crippen molar-refractivity contribution in [2.75, 3.05) is 13.1 Å². The van der Waals surface area contributed by atoms with Gasteiger partial charge in [0.05, 0.1) is 6.04 Å². The number of ether oxygens (including phenoxy) is 1. The van der Waals surface area contributed by atoms with Gasteiger partial charge < -0.3 is 19.5 Å². The van der Waals surface area contributed by atoms with Gasteiger partial charge in [-0.05, 0) is 36.7 Å². The number of aromatic nitrogens is 1. The van der Waals surface area contributed by atoms with Gasteiger partial charge in [0.2, 0.25) is 5.43 Å². The van der Waals surface area contributed by atoms with Crippen molar-refractivity contribution in [3.8, 4) is 5.75 Å². The summed E-state index contributed by atoms with van der Waals surface area (Å²) >= 11 is 0. The number of benzene rings is 2. The first-order valence-corrected chi connectivity index (χ1v) is 13.0. The summed E-state index contributed by atoms with van der Waals surface area (Å²) in [5, 5.41) is 2.37. The number of fused-ring (bicyclic) bond motifs is 7. The highest BCUT2D eigenvalue weighted by Gasteiger charge is 2.45. The third-order valence-electron chi connectivity index (χ3n) is 8.05. The molecule has 3 heterocycles. The summed E-state index contributed by atoms with van der Waals surface area (Å²) in [6, 6.07) is 10.0. The Morgan fingerprint density at radius 3 is 2.51 bits per heavy atom. The molecular weight excluding hydrogens is 511 g/mol. The van der Waals surface area contributed by atoms with Crippen LogP contribution in [0.15, 0.2) is 53.5 Å². The molecule has 3 aromatic rings. The third-order valence-corrected chi connectivity index (χ3v) is 8.05. The first-order valence-electron chi connectivity index (χ1n) is 13.0. The normalized spacial score (nSPS) is 21.4. The lowest BCUT2D eigenvalue weighted by Crippen LogP contribution is -2.47. The molecule has 10 heteroatoms. The van der Waals surface area contributed by atoms with Gasteiger partial charge in [-0.1, -0.05) is 30.3 Å². The Morgan fingerprint density at radius 2 is 1.77 bits per heavy atom. The fourth-order valence-electron chi connectivity index (χ4n) is 6.13. The number of halogens is 3. The van der Waals surface area contributed by atoms with Crippen LogP contribution in [-0.4, -0.2) is 34.4 Å². The molecule has 1 saturated carbocycles. The molecule has 2 aromatic carbocycles. The number of carbonyl (C=O) groups is 2. The van der Waals surface area contributed by atoms with Crippen LogP contribution in [0.2, 0.25) is 0 Å². The Hall–Kier alpha value is -4.08. The minimum atomic E-state index is -1.15. The minimum absolute atomic E-state index is 0.00412. The van der Waals surface area contributed by atoms with Gasteiger partial charge >= 0.3 is 0 Å². The van der Waals surface area contributed by atoms with Gasteiger partial charge in [0.15, 0.2) is 11.4 Å². The van der Waals surface area contributed by atoms with E-state index < -0.39 is 40.9 Å². The third kappa shape index (κ3) is 4.57. The van der Waals surface area contributed by atoms with Crippen molar-refractivity contribution in [1.82, 2.24) is 14.8 Å². The van der Waals surface area contributed by atoms with Gasteiger partial charge in [-0.15, -0.1) is 0 Å². The predicted octanol–water partition coefficient (Wildman–Crippen LogP) is 4.20. The summed E-state index contributed by atoms with van der Waals surface area (Å²) in [4.78, 5) is 42.2. The molecule has 3 atom stereocenters. The zero-order valence-electron chi connectivity index (χ0n) is 21.0. The highest BCUT2D eigenvalue weighted by atomic mass is 19.1. The van der Waals surface area contributed by atoms with Crippen LogP contribution in [0.3, 0.4) is 0 Å². The van der Waals surface area contributed by atoms with Crippen LogP contribution in [0.4, 0.5) is 13.2 Å². The van der Waals surface area contributed by atoms with E-state index >= 15 is 0 Å². The van der Waals surface area contributed by atoms with Gasteiger partial charge in [-0.25, -0.2) is 13.2 Å². The Morgan fingerprint density at radius 1 is 1.03 bits per heavy atom. The molecular formula is C29H26F3N3O4. The van der Waals surface area contributed by atoms with E-state index in [1.54, 1.807) is 9.47 Å². The second-order valence-corrected chi connectivity index (χ2v) is 10.5. The quantitative estimate of drug-likeness (QED) is 0.511. The molecule has 1 aliphatic carbocycles. The summed E-state index contributed by atoms with van der Waals surface area (Å²) in [6.45, 7) is 0.499. The van der Waals surface area contributed by atoms with E-state index in [1.165, 1.54) is 6.20 Å². The summed E-state index contributed by atoms with van der Waals surface area (Å²) in [5.74, 6) is -4.13. The van der Waals surface area contributed by atoms with Gasteiger partial charge in [-0.2, -0.15) is 0 Å². The second-order valence-electron chi connectivity index (χ2n) is 10.5. The summed E-state index contributed by atoms with van der Waals surface area (Å²) in [7, 11) is 0. The average molecular weight is 538 g/mol. The molecule has 7 nitrogen and oxygen atoms in total. The Balaban J connectivity index is 1.40. The summed E-state index contributed by atoms with van der Waals surface area (Å²) in [5.41, 5.74) is -0.729. The SMILES string of the molecule is O=C(NCc1c(F)cc(F)cc1F)c1cn2c(c(OCc3ccccc3)c1=O)C(=O)N1C[C@@H]3CC[C@@H](C3)[C@@H]2C1. The molecule has 0 radical (unpaired) electrons. The molecule has 1 aromatic heterocycles. The van der Waals surface area contributed by atoms with Crippen molar-refractivity contribution in [2.45, 2.75) is 38.5 Å². The molecule has 0 spiro atoms. The van der Waals surface area contributed by atoms with Gasteiger partial charge in [-0.3, -0.25) is 14.4 Å². The molecule has 2 amide bonds.